The molecule has 3 aromatic rings. The summed E-state index contributed by atoms with van der Waals surface area (Å²) >= 11 is 2.09. The van der Waals surface area contributed by atoms with Gasteiger partial charge < -0.3 is 21.1 Å². The van der Waals surface area contributed by atoms with Gasteiger partial charge in [0.05, 0.1) is 22.8 Å². The molecule has 0 saturated heterocycles. The molecule has 2 aromatic heterocycles. The van der Waals surface area contributed by atoms with Crippen LogP contribution in [0.5, 0.6) is 0 Å². The number of nitrogens with two attached hydrogens (primary N) is 1. The Morgan fingerprint density at radius 3 is 2.61 bits per heavy atom. The first-order valence-electron chi connectivity index (χ1n) is 9.16. The van der Waals surface area contributed by atoms with Gasteiger partial charge in [0.2, 0.25) is 17.0 Å². The zero-order valence-electron chi connectivity index (χ0n) is 16.7. The summed E-state index contributed by atoms with van der Waals surface area (Å²) in [6.45, 7) is 3.48. The van der Waals surface area contributed by atoms with Crippen LogP contribution in [0.15, 0.2) is 35.5 Å². The summed E-state index contributed by atoms with van der Waals surface area (Å²) in [6.07, 6.45) is 0. The van der Waals surface area contributed by atoms with Gasteiger partial charge in [0.1, 0.15) is 5.00 Å². The molecule has 0 spiro atoms. The van der Waals surface area contributed by atoms with Gasteiger partial charge in [-0.25, -0.2) is 9.89 Å². The second-order valence-electron chi connectivity index (χ2n) is 6.14. The normalized spacial score (nSPS) is 10.5. The quantitative estimate of drug-likeness (QED) is 0.296. The number of benzene rings is 1. The van der Waals surface area contributed by atoms with Crippen molar-refractivity contribution in [3.8, 4) is 0 Å². The Kier molecular flexibility index (Phi) is 7.26. The Morgan fingerprint density at radius 1 is 1.23 bits per heavy atom. The minimum atomic E-state index is -0.611. The van der Waals surface area contributed by atoms with E-state index < -0.39 is 11.9 Å². The lowest BCUT2D eigenvalue weighted by molar-refractivity contribution is -0.113. The predicted octanol–water partition coefficient (Wildman–Crippen LogP) is 2.92. The van der Waals surface area contributed by atoms with Gasteiger partial charge in [0, 0.05) is 5.69 Å². The van der Waals surface area contributed by atoms with Crippen molar-refractivity contribution < 1.29 is 19.1 Å². The van der Waals surface area contributed by atoms with Gasteiger partial charge in [0.25, 0.3) is 5.91 Å². The maximum Gasteiger partial charge on any atom is 0.341 e. The molecule has 1 aromatic carbocycles. The number of ether oxygens (including phenoxy) is 1. The SMILES string of the molecule is CCOC(=O)c1c(NC(=O)CSc2n[nH]c(N)n2)sc(C(=O)Nc2ccccc2)c1C. The Labute approximate surface area is 186 Å². The fourth-order valence-electron chi connectivity index (χ4n) is 2.59. The topological polar surface area (TPSA) is 152 Å². The summed E-state index contributed by atoms with van der Waals surface area (Å²) in [5, 5.41) is 12.4. The summed E-state index contributed by atoms with van der Waals surface area (Å²) in [5.74, 6) is -1.25. The Morgan fingerprint density at radius 2 is 1.97 bits per heavy atom. The van der Waals surface area contributed by atoms with Crippen molar-refractivity contribution in [2.75, 3.05) is 28.7 Å². The van der Waals surface area contributed by atoms with Crippen LogP contribution in [0.3, 0.4) is 0 Å². The molecule has 12 heteroatoms. The number of nitrogen functional groups attached to an aromatic ring is 1. The highest BCUT2D eigenvalue weighted by Crippen LogP contribution is 2.34. The lowest BCUT2D eigenvalue weighted by Gasteiger charge is -2.06. The molecule has 0 radical (unpaired) electrons. The van der Waals surface area contributed by atoms with E-state index in [1.165, 1.54) is 0 Å². The van der Waals surface area contributed by atoms with Crippen molar-refractivity contribution in [2.45, 2.75) is 19.0 Å². The summed E-state index contributed by atoms with van der Waals surface area (Å²) in [6, 6.07) is 8.94. The van der Waals surface area contributed by atoms with Crippen LogP contribution in [0.4, 0.5) is 16.6 Å². The second-order valence-corrected chi connectivity index (χ2v) is 8.10. The van der Waals surface area contributed by atoms with E-state index in [9.17, 15) is 14.4 Å². The smallest absolute Gasteiger partial charge is 0.341 e. The fourth-order valence-corrected chi connectivity index (χ4v) is 4.30. The number of thiophene rings is 1. The number of thioether (sulfide) groups is 1. The average molecular weight is 461 g/mol. The molecule has 0 bridgehead atoms. The van der Waals surface area contributed by atoms with Gasteiger partial charge in [-0.2, -0.15) is 4.98 Å². The van der Waals surface area contributed by atoms with Crippen LogP contribution >= 0.6 is 23.1 Å². The van der Waals surface area contributed by atoms with E-state index in [0.29, 0.717) is 21.3 Å². The first-order chi connectivity index (χ1) is 14.9. The molecule has 0 atom stereocenters. The minimum Gasteiger partial charge on any atom is -0.462 e. The van der Waals surface area contributed by atoms with Crippen molar-refractivity contribution in [3.63, 3.8) is 0 Å². The minimum absolute atomic E-state index is 0.0119. The summed E-state index contributed by atoms with van der Waals surface area (Å²) in [7, 11) is 0. The third-order valence-electron chi connectivity index (χ3n) is 3.93. The van der Waals surface area contributed by atoms with E-state index in [4.69, 9.17) is 10.5 Å². The fraction of sp³-hybridized carbons (Fsp3) is 0.211. The molecule has 0 aliphatic carbocycles. The Balaban J connectivity index is 1.80. The van der Waals surface area contributed by atoms with E-state index in [1.54, 1.807) is 38.1 Å². The first kappa shape index (κ1) is 22.3. The third-order valence-corrected chi connectivity index (χ3v) is 5.99. The molecule has 31 heavy (non-hydrogen) atoms. The standard InChI is InChI=1S/C19H20N6O4S2/c1-3-29-17(28)13-10(2)14(15(27)21-11-7-5-4-6-8-11)31-16(13)22-12(26)9-30-19-23-18(20)24-25-19/h4-8H,3,9H2,1-2H3,(H,21,27)(H,22,26)(H3,20,23,24,25). The number of para-hydroxylation sites is 1. The van der Waals surface area contributed by atoms with Gasteiger partial charge in [-0.15, -0.1) is 16.4 Å². The van der Waals surface area contributed by atoms with Crippen LogP contribution in [0.25, 0.3) is 0 Å². The number of hydrogen-bond acceptors (Lipinski definition) is 9. The maximum absolute atomic E-state index is 12.8. The van der Waals surface area contributed by atoms with Gasteiger partial charge in [-0.05, 0) is 31.5 Å². The van der Waals surface area contributed by atoms with E-state index in [1.807, 2.05) is 6.07 Å². The number of aromatic amines is 1. The number of H-pyrrole nitrogens is 1. The Bertz CT molecular complexity index is 1100. The maximum atomic E-state index is 12.8. The summed E-state index contributed by atoms with van der Waals surface area (Å²) in [4.78, 5) is 41.9. The summed E-state index contributed by atoms with van der Waals surface area (Å²) < 4.78 is 5.12. The number of amides is 2. The molecular formula is C19H20N6O4S2. The molecule has 3 rings (SSSR count). The van der Waals surface area contributed by atoms with Gasteiger partial charge in [0.15, 0.2) is 0 Å². The van der Waals surface area contributed by atoms with Crippen LogP contribution in [-0.4, -0.2) is 45.3 Å². The second kappa shape index (κ2) is 10.1. The predicted molar refractivity (Wildman–Crippen MR) is 120 cm³/mol. The largest absolute Gasteiger partial charge is 0.462 e. The number of aromatic nitrogens is 3. The van der Waals surface area contributed by atoms with Crippen molar-refractivity contribution >= 4 is 57.5 Å². The first-order valence-corrected chi connectivity index (χ1v) is 11.0. The lowest BCUT2D eigenvalue weighted by Crippen LogP contribution is -2.16. The number of hydrogen-bond donors (Lipinski definition) is 4. The highest BCUT2D eigenvalue weighted by molar-refractivity contribution is 7.99. The van der Waals surface area contributed by atoms with Crippen molar-refractivity contribution in [3.05, 3.63) is 46.3 Å². The molecule has 0 aliphatic heterocycles. The number of nitrogens with zero attached hydrogens (tertiary/aromatic N) is 2. The number of rotatable bonds is 8. The average Bonchev–Trinajstić information content (AvgIpc) is 3.30. The number of carbonyl (C=O) groups is 3. The van der Waals surface area contributed by atoms with Gasteiger partial charge in [-0.3, -0.25) is 9.59 Å². The van der Waals surface area contributed by atoms with Crippen LogP contribution in [0.2, 0.25) is 0 Å². The lowest BCUT2D eigenvalue weighted by atomic mass is 10.1. The monoisotopic (exact) mass is 460 g/mol. The van der Waals surface area contributed by atoms with Crippen LogP contribution in [0, 0.1) is 6.92 Å². The zero-order chi connectivity index (χ0) is 22.4. The van der Waals surface area contributed by atoms with E-state index in [0.717, 1.165) is 23.1 Å². The number of nitrogens with one attached hydrogen (secondary N) is 3. The van der Waals surface area contributed by atoms with Crippen LogP contribution < -0.4 is 16.4 Å². The molecule has 2 amide bonds. The van der Waals surface area contributed by atoms with Gasteiger partial charge in [-0.1, -0.05) is 30.0 Å². The highest BCUT2D eigenvalue weighted by Gasteiger charge is 2.26. The highest BCUT2D eigenvalue weighted by atomic mass is 32.2. The number of carbonyl (C=O) groups excluding carboxylic acids is 3. The molecule has 0 fully saturated rings. The molecule has 162 valence electrons. The third kappa shape index (κ3) is 5.61. The zero-order valence-corrected chi connectivity index (χ0v) is 18.4. The molecule has 0 saturated carbocycles. The van der Waals surface area contributed by atoms with E-state index in [-0.39, 0.29) is 34.8 Å². The molecule has 5 N–H and O–H groups in total. The van der Waals surface area contributed by atoms with Crippen LogP contribution in [0.1, 0.15) is 32.5 Å². The van der Waals surface area contributed by atoms with Crippen molar-refractivity contribution in [1.82, 2.24) is 15.2 Å². The molecule has 0 aliphatic rings. The molecule has 10 nitrogen and oxygen atoms in total. The summed E-state index contributed by atoms with van der Waals surface area (Å²) in [5.41, 5.74) is 6.67. The van der Waals surface area contributed by atoms with Crippen molar-refractivity contribution in [1.29, 1.82) is 0 Å². The Hall–Kier alpha value is -3.38. The van der Waals surface area contributed by atoms with E-state index in [2.05, 4.69) is 25.8 Å². The van der Waals surface area contributed by atoms with Gasteiger partial charge >= 0.3 is 5.97 Å². The van der Waals surface area contributed by atoms with E-state index >= 15 is 0 Å². The number of anilines is 3. The molecule has 2 heterocycles. The van der Waals surface area contributed by atoms with Crippen LogP contribution in [-0.2, 0) is 9.53 Å². The molecular weight excluding hydrogens is 440 g/mol. The number of esters is 1. The molecule has 0 unspecified atom stereocenters. The van der Waals surface area contributed by atoms with Crippen molar-refractivity contribution in [2.24, 2.45) is 0 Å².